The van der Waals surface area contributed by atoms with Crippen LogP contribution in [0.3, 0.4) is 0 Å². The summed E-state index contributed by atoms with van der Waals surface area (Å²) in [5.74, 6) is 2.80. The van der Waals surface area contributed by atoms with E-state index >= 15 is 0 Å². The SMILES string of the molecule is Cc1ccc(NC(=O)[C@H](C)NC23CC4CC(CC(C4)C2)C3)cc1. The summed E-state index contributed by atoms with van der Waals surface area (Å²) < 4.78 is 0. The van der Waals surface area contributed by atoms with Crippen molar-refractivity contribution in [3.8, 4) is 0 Å². The van der Waals surface area contributed by atoms with Gasteiger partial charge in [0.2, 0.25) is 5.91 Å². The molecule has 1 aromatic carbocycles. The summed E-state index contributed by atoms with van der Waals surface area (Å²) >= 11 is 0. The van der Waals surface area contributed by atoms with E-state index in [1.807, 2.05) is 31.2 Å². The molecule has 0 radical (unpaired) electrons. The summed E-state index contributed by atoms with van der Waals surface area (Å²) in [4.78, 5) is 12.5. The Labute approximate surface area is 139 Å². The summed E-state index contributed by atoms with van der Waals surface area (Å²) in [6, 6.07) is 7.89. The third-order valence-electron chi connectivity index (χ3n) is 6.27. The maximum atomic E-state index is 12.5. The van der Waals surface area contributed by atoms with E-state index in [2.05, 4.69) is 17.6 Å². The maximum absolute atomic E-state index is 12.5. The molecule has 1 amide bonds. The van der Waals surface area contributed by atoms with Gasteiger partial charge in [0.25, 0.3) is 0 Å². The molecule has 0 unspecified atom stereocenters. The Balaban J connectivity index is 1.40. The van der Waals surface area contributed by atoms with Crippen LogP contribution in [0.1, 0.15) is 51.0 Å². The number of hydrogen-bond acceptors (Lipinski definition) is 2. The van der Waals surface area contributed by atoms with E-state index < -0.39 is 0 Å². The Morgan fingerprint density at radius 2 is 1.57 bits per heavy atom. The highest BCUT2D eigenvalue weighted by molar-refractivity contribution is 5.94. The van der Waals surface area contributed by atoms with E-state index in [1.54, 1.807) is 0 Å². The minimum Gasteiger partial charge on any atom is -0.325 e. The van der Waals surface area contributed by atoms with Crippen molar-refractivity contribution < 1.29 is 4.79 Å². The molecule has 1 aromatic rings. The molecule has 4 fully saturated rings. The Hall–Kier alpha value is -1.35. The van der Waals surface area contributed by atoms with Crippen LogP contribution in [0, 0.1) is 24.7 Å². The number of nitrogens with one attached hydrogen (secondary N) is 2. The largest absolute Gasteiger partial charge is 0.325 e. The molecule has 0 spiro atoms. The quantitative estimate of drug-likeness (QED) is 0.886. The number of aryl methyl sites for hydroxylation is 1. The van der Waals surface area contributed by atoms with Gasteiger partial charge in [-0.25, -0.2) is 0 Å². The fraction of sp³-hybridized carbons (Fsp3) is 0.650. The lowest BCUT2D eigenvalue weighted by atomic mass is 9.53. The fourth-order valence-electron chi connectivity index (χ4n) is 5.70. The van der Waals surface area contributed by atoms with Gasteiger partial charge in [-0.3, -0.25) is 4.79 Å². The first kappa shape index (κ1) is 15.2. The van der Waals surface area contributed by atoms with Crippen molar-refractivity contribution in [2.45, 2.75) is 64.0 Å². The average molecular weight is 312 g/mol. The first-order valence-corrected chi connectivity index (χ1v) is 9.17. The summed E-state index contributed by atoms with van der Waals surface area (Å²) in [7, 11) is 0. The molecule has 3 nitrogen and oxygen atoms in total. The predicted octanol–water partition coefficient (Wildman–Crippen LogP) is 3.88. The highest BCUT2D eigenvalue weighted by Crippen LogP contribution is 2.55. The zero-order chi connectivity index (χ0) is 16.0. The minimum atomic E-state index is -0.132. The van der Waals surface area contributed by atoms with Gasteiger partial charge < -0.3 is 10.6 Å². The summed E-state index contributed by atoms with van der Waals surface area (Å²) in [6.07, 6.45) is 8.14. The van der Waals surface area contributed by atoms with E-state index in [0.717, 1.165) is 23.4 Å². The van der Waals surface area contributed by atoms with Crippen molar-refractivity contribution >= 4 is 11.6 Å². The Kier molecular flexibility index (Phi) is 3.72. The number of carbonyl (C=O) groups is 1. The van der Waals surface area contributed by atoms with E-state index in [0.29, 0.717) is 0 Å². The van der Waals surface area contributed by atoms with Crippen LogP contribution in [-0.4, -0.2) is 17.5 Å². The highest BCUT2D eigenvalue weighted by Gasteiger charge is 2.51. The van der Waals surface area contributed by atoms with Crippen LogP contribution in [0.15, 0.2) is 24.3 Å². The second kappa shape index (κ2) is 5.62. The lowest BCUT2D eigenvalue weighted by molar-refractivity contribution is -0.119. The molecule has 4 aliphatic rings. The van der Waals surface area contributed by atoms with Gasteiger partial charge in [0.1, 0.15) is 0 Å². The van der Waals surface area contributed by atoms with Crippen LogP contribution in [0.5, 0.6) is 0 Å². The monoisotopic (exact) mass is 312 g/mol. The maximum Gasteiger partial charge on any atom is 0.241 e. The fourth-order valence-corrected chi connectivity index (χ4v) is 5.70. The van der Waals surface area contributed by atoms with Crippen molar-refractivity contribution in [3.63, 3.8) is 0 Å². The van der Waals surface area contributed by atoms with Gasteiger partial charge in [-0.05, 0) is 82.3 Å². The molecule has 124 valence electrons. The number of benzene rings is 1. The molecule has 23 heavy (non-hydrogen) atoms. The van der Waals surface area contributed by atoms with Gasteiger partial charge in [0.15, 0.2) is 0 Å². The lowest BCUT2D eigenvalue weighted by Gasteiger charge is -2.57. The average Bonchev–Trinajstić information content (AvgIpc) is 2.47. The number of anilines is 1. The van der Waals surface area contributed by atoms with Gasteiger partial charge in [-0.15, -0.1) is 0 Å². The molecular weight excluding hydrogens is 284 g/mol. The van der Waals surface area contributed by atoms with Crippen LogP contribution >= 0.6 is 0 Å². The summed E-state index contributed by atoms with van der Waals surface area (Å²) in [5, 5.41) is 6.79. The molecule has 2 N–H and O–H groups in total. The first-order chi connectivity index (χ1) is 11.0. The number of rotatable bonds is 4. The zero-order valence-corrected chi connectivity index (χ0v) is 14.3. The zero-order valence-electron chi connectivity index (χ0n) is 14.3. The minimum absolute atomic E-state index is 0.0876. The molecule has 3 heteroatoms. The van der Waals surface area contributed by atoms with E-state index in [-0.39, 0.29) is 17.5 Å². The van der Waals surface area contributed by atoms with Crippen LogP contribution < -0.4 is 10.6 Å². The van der Waals surface area contributed by atoms with E-state index in [9.17, 15) is 4.79 Å². The second-order valence-electron chi connectivity index (χ2n) is 8.42. The van der Waals surface area contributed by atoms with E-state index in [4.69, 9.17) is 0 Å². The Morgan fingerprint density at radius 3 is 2.09 bits per heavy atom. The topological polar surface area (TPSA) is 41.1 Å². The van der Waals surface area contributed by atoms with Crippen LogP contribution in [0.4, 0.5) is 5.69 Å². The number of amides is 1. The molecule has 4 saturated carbocycles. The van der Waals surface area contributed by atoms with Crippen LogP contribution in [0.2, 0.25) is 0 Å². The molecule has 0 aromatic heterocycles. The first-order valence-electron chi connectivity index (χ1n) is 9.17. The van der Waals surface area contributed by atoms with Crippen LogP contribution in [0.25, 0.3) is 0 Å². The molecule has 4 bridgehead atoms. The van der Waals surface area contributed by atoms with Crippen molar-refractivity contribution in [1.82, 2.24) is 5.32 Å². The van der Waals surface area contributed by atoms with Crippen molar-refractivity contribution in [2.24, 2.45) is 17.8 Å². The normalized spacial score (nSPS) is 36.0. The second-order valence-corrected chi connectivity index (χ2v) is 8.42. The van der Waals surface area contributed by atoms with Gasteiger partial charge in [0, 0.05) is 11.2 Å². The van der Waals surface area contributed by atoms with Gasteiger partial charge in [0.05, 0.1) is 6.04 Å². The molecule has 5 rings (SSSR count). The predicted molar refractivity (Wildman–Crippen MR) is 93.3 cm³/mol. The highest BCUT2D eigenvalue weighted by atomic mass is 16.2. The van der Waals surface area contributed by atoms with Crippen molar-refractivity contribution in [2.75, 3.05) is 5.32 Å². The van der Waals surface area contributed by atoms with E-state index in [1.165, 1.54) is 44.1 Å². The Bertz CT molecular complexity index is 557. The number of carbonyl (C=O) groups excluding carboxylic acids is 1. The third kappa shape index (κ3) is 3.03. The van der Waals surface area contributed by atoms with Gasteiger partial charge >= 0.3 is 0 Å². The molecule has 1 atom stereocenters. The standard InChI is InChI=1S/C20H28N2O/c1-13-3-5-18(6-4-13)21-19(23)14(2)22-20-10-15-7-16(11-20)9-17(8-15)12-20/h3-6,14-17,22H,7-12H2,1-2H3,(H,21,23)/t14-,15?,16?,17?,20?/m0/s1. The molecule has 4 aliphatic carbocycles. The summed E-state index contributed by atoms with van der Waals surface area (Å²) in [5.41, 5.74) is 2.33. The molecule has 0 heterocycles. The molecular formula is C20H28N2O. The lowest BCUT2D eigenvalue weighted by Crippen LogP contribution is -2.62. The van der Waals surface area contributed by atoms with Crippen LogP contribution in [-0.2, 0) is 4.79 Å². The Morgan fingerprint density at radius 1 is 1.04 bits per heavy atom. The van der Waals surface area contributed by atoms with Crippen molar-refractivity contribution in [3.05, 3.63) is 29.8 Å². The van der Waals surface area contributed by atoms with Crippen molar-refractivity contribution in [1.29, 1.82) is 0 Å². The number of hydrogen-bond donors (Lipinski definition) is 2. The third-order valence-corrected chi connectivity index (χ3v) is 6.27. The molecule has 0 saturated heterocycles. The van der Waals surface area contributed by atoms with Gasteiger partial charge in [-0.1, -0.05) is 17.7 Å². The molecule has 0 aliphatic heterocycles. The summed E-state index contributed by atoms with van der Waals surface area (Å²) in [6.45, 7) is 4.07. The van der Waals surface area contributed by atoms with Gasteiger partial charge in [-0.2, -0.15) is 0 Å². The smallest absolute Gasteiger partial charge is 0.241 e.